The van der Waals surface area contributed by atoms with E-state index in [1.54, 1.807) is 17.0 Å². The fourth-order valence-corrected chi connectivity index (χ4v) is 4.18. The normalized spacial score (nSPS) is 19.2. The van der Waals surface area contributed by atoms with E-state index in [-0.39, 0.29) is 18.0 Å². The van der Waals surface area contributed by atoms with Crippen molar-refractivity contribution in [2.75, 3.05) is 42.6 Å². The second-order valence-corrected chi connectivity index (χ2v) is 8.69. The van der Waals surface area contributed by atoms with Crippen molar-refractivity contribution < 1.29 is 14.3 Å². The van der Waals surface area contributed by atoms with E-state index < -0.39 is 0 Å². The summed E-state index contributed by atoms with van der Waals surface area (Å²) in [5, 5.41) is 0. The first-order chi connectivity index (χ1) is 14.8. The van der Waals surface area contributed by atoms with E-state index in [0.717, 1.165) is 24.6 Å². The molecule has 1 aromatic heterocycles. The summed E-state index contributed by atoms with van der Waals surface area (Å²) in [6.07, 6.45) is 1.62. The van der Waals surface area contributed by atoms with Gasteiger partial charge in [-0.2, -0.15) is 0 Å². The molecule has 7 heteroatoms. The van der Waals surface area contributed by atoms with Crippen LogP contribution in [0.4, 0.5) is 16.3 Å². The van der Waals surface area contributed by atoms with Gasteiger partial charge in [-0.25, -0.2) is 9.78 Å². The third-order valence-corrected chi connectivity index (χ3v) is 6.08. The van der Waals surface area contributed by atoms with Crippen molar-refractivity contribution in [2.45, 2.75) is 39.7 Å². The van der Waals surface area contributed by atoms with Crippen LogP contribution in [0.2, 0.25) is 0 Å². The summed E-state index contributed by atoms with van der Waals surface area (Å²) >= 11 is 0. The van der Waals surface area contributed by atoms with Crippen LogP contribution in [0.5, 0.6) is 0 Å². The minimum Gasteiger partial charge on any atom is -0.447 e. The minimum atomic E-state index is -0.340. The molecule has 0 radical (unpaired) electrons. The molecule has 3 heterocycles. The molecule has 4 rings (SSSR count). The van der Waals surface area contributed by atoms with Gasteiger partial charge in [-0.15, -0.1) is 0 Å². The summed E-state index contributed by atoms with van der Waals surface area (Å²) in [6, 6.07) is 9.42. The van der Waals surface area contributed by atoms with Crippen molar-refractivity contribution >= 4 is 23.5 Å². The van der Waals surface area contributed by atoms with Crippen LogP contribution in [0, 0.1) is 6.92 Å². The van der Waals surface area contributed by atoms with E-state index in [2.05, 4.69) is 31.7 Å². The zero-order chi connectivity index (χ0) is 22.1. The van der Waals surface area contributed by atoms with Gasteiger partial charge in [0.15, 0.2) is 0 Å². The summed E-state index contributed by atoms with van der Waals surface area (Å²) < 4.78 is 5.08. The Morgan fingerprint density at radius 1 is 1.13 bits per heavy atom. The van der Waals surface area contributed by atoms with Crippen LogP contribution < -0.4 is 9.80 Å². The third kappa shape index (κ3) is 4.22. The van der Waals surface area contributed by atoms with Gasteiger partial charge in [-0.3, -0.25) is 9.69 Å². The Labute approximate surface area is 183 Å². The number of benzene rings is 1. The molecule has 1 aromatic carbocycles. The molecule has 7 nitrogen and oxygen atoms in total. The van der Waals surface area contributed by atoms with Gasteiger partial charge in [0.1, 0.15) is 12.4 Å². The molecule has 2 aromatic rings. The molecule has 2 saturated heterocycles. The van der Waals surface area contributed by atoms with Crippen LogP contribution in [0.25, 0.3) is 0 Å². The monoisotopic (exact) mass is 422 g/mol. The predicted octanol–water partition coefficient (Wildman–Crippen LogP) is 3.82. The first kappa shape index (κ1) is 21.2. The van der Waals surface area contributed by atoms with E-state index in [1.807, 2.05) is 30.2 Å². The number of nitrogens with zero attached hydrogens (tertiary/aromatic N) is 4. The fourth-order valence-electron chi connectivity index (χ4n) is 4.18. The van der Waals surface area contributed by atoms with Gasteiger partial charge >= 0.3 is 6.09 Å². The first-order valence-electron chi connectivity index (χ1n) is 10.9. The van der Waals surface area contributed by atoms with Crippen molar-refractivity contribution in [1.82, 2.24) is 9.88 Å². The zero-order valence-corrected chi connectivity index (χ0v) is 18.7. The minimum absolute atomic E-state index is 0.00574. The molecule has 2 fully saturated rings. The van der Waals surface area contributed by atoms with Gasteiger partial charge in [0, 0.05) is 43.6 Å². The number of cyclic esters (lactones) is 1. The van der Waals surface area contributed by atoms with E-state index in [9.17, 15) is 9.59 Å². The molecule has 31 heavy (non-hydrogen) atoms. The van der Waals surface area contributed by atoms with Gasteiger partial charge in [-0.1, -0.05) is 19.9 Å². The van der Waals surface area contributed by atoms with Gasteiger partial charge in [0.25, 0.3) is 5.91 Å². The van der Waals surface area contributed by atoms with Crippen molar-refractivity contribution in [1.29, 1.82) is 0 Å². The second kappa shape index (κ2) is 8.57. The molecule has 0 bridgehead atoms. The number of amides is 2. The largest absolute Gasteiger partial charge is 0.447 e. The highest BCUT2D eigenvalue weighted by molar-refractivity contribution is 5.96. The Morgan fingerprint density at radius 2 is 1.81 bits per heavy atom. The molecule has 0 unspecified atom stereocenters. The van der Waals surface area contributed by atoms with Gasteiger partial charge in [0.2, 0.25) is 0 Å². The molecule has 0 saturated carbocycles. The maximum atomic E-state index is 13.0. The number of hydrogen-bond donors (Lipinski definition) is 0. The number of carbonyl (C=O) groups excluding carboxylic acids is 2. The summed E-state index contributed by atoms with van der Waals surface area (Å²) in [5.41, 5.74) is 3.81. The van der Waals surface area contributed by atoms with E-state index >= 15 is 0 Å². The molecular formula is C24H30N4O3. The van der Waals surface area contributed by atoms with Crippen molar-refractivity contribution in [3.8, 4) is 0 Å². The lowest BCUT2D eigenvalue weighted by Gasteiger charge is -2.36. The van der Waals surface area contributed by atoms with E-state index in [0.29, 0.717) is 31.2 Å². The third-order valence-electron chi connectivity index (χ3n) is 6.08. The van der Waals surface area contributed by atoms with Crippen LogP contribution in [0.1, 0.15) is 48.2 Å². The fraction of sp³-hybridized carbons (Fsp3) is 0.458. The number of carbonyl (C=O) groups is 2. The molecule has 2 amide bonds. The predicted molar refractivity (Wildman–Crippen MR) is 121 cm³/mol. The van der Waals surface area contributed by atoms with E-state index in [1.165, 1.54) is 11.1 Å². The number of pyridine rings is 1. The number of ether oxygens (including phenoxy) is 1. The van der Waals surface area contributed by atoms with Gasteiger partial charge in [-0.05, 0) is 55.2 Å². The highest BCUT2D eigenvalue weighted by Gasteiger charge is 2.31. The average Bonchev–Trinajstić information content (AvgIpc) is 3.11. The van der Waals surface area contributed by atoms with Crippen molar-refractivity contribution in [3.63, 3.8) is 0 Å². The molecule has 2 aliphatic rings. The van der Waals surface area contributed by atoms with Crippen LogP contribution in [-0.4, -0.2) is 60.7 Å². The average molecular weight is 423 g/mol. The lowest BCUT2D eigenvalue weighted by molar-refractivity contribution is 0.0746. The maximum Gasteiger partial charge on any atom is 0.414 e. The van der Waals surface area contributed by atoms with Crippen molar-refractivity contribution in [2.24, 2.45) is 0 Å². The summed E-state index contributed by atoms with van der Waals surface area (Å²) in [6.45, 7) is 11.6. The quantitative estimate of drug-likeness (QED) is 0.749. The molecule has 0 aliphatic carbocycles. The topological polar surface area (TPSA) is 66.0 Å². The smallest absolute Gasteiger partial charge is 0.414 e. The van der Waals surface area contributed by atoms with Crippen LogP contribution in [0.15, 0.2) is 36.5 Å². The number of aromatic nitrogens is 1. The Morgan fingerprint density at radius 3 is 2.35 bits per heavy atom. The molecule has 1 atom stereocenters. The molecule has 164 valence electrons. The van der Waals surface area contributed by atoms with Crippen LogP contribution >= 0.6 is 0 Å². The number of aryl methyl sites for hydroxylation is 1. The molecule has 0 spiro atoms. The van der Waals surface area contributed by atoms with Gasteiger partial charge < -0.3 is 14.5 Å². The standard InChI is InChI=1S/C24H30N4O3/c1-16(2)20-13-17(3)22(25-14-20)26-9-11-27(12-10-26)23(29)19-5-7-21(8-6-19)28-18(4)15-31-24(28)30/h5-8,13-14,16,18H,9-12,15H2,1-4H3/t18-/m1/s1. The summed E-state index contributed by atoms with van der Waals surface area (Å²) in [4.78, 5) is 35.3. The Hall–Kier alpha value is -3.09. The Kier molecular flexibility index (Phi) is 5.85. The highest BCUT2D eigenvalue weighted by Crippen LogP contribution is 2.25. The van der Waals surface area contributed by atoms with Crippen LogP contribution in [0.3, 0.4) is 0 Å². The number of rotatable bonds is 4. The highest BCUT2D eigenvalue weighted by atomic mass is 16.6. The van der Waals surface area contributed by atoms with E-state index in [4.69, 9.17) is 9.72 Å². The van der Waals surface area contributed by atoms with Crippen LogP contribution in [-0.2, 0) is 4.74 Å². The molecule has 0 N–H and O–H groups in total. The lowest BCUT2D eigenvalue weighted by Crippen LogP contribution is -2.49. The Bertz CT molecular complexity index is 965. The lowest BCUT2D eigenvalue weighted by atomic mass is 10.0. The Balaban J connectivity index is 1.39. The SMILES string of the molecule is Cc1cc(C(C)C)cnc1N1CCN(C(=O)c2ccc(N3C(=O)OC[C@H]3C)cc2)CC1. The first-order valence-corrected chi connectivity index (χ1v) is 10.9. The molecular weight excluding hydrogens is 392 g/mol. The number of hydrogen-bond acceptors (Lipinski definition) is 5. The second-order valence-electron chi connectivity index (χ2n) is 8.69. The summed E-state index contributed by atoms with van der Waals surface area (Å²) in [5.74, 6) is 1.48. The number of anilines is 2. The summed E-state index contributed by atoms with van der Waals surface area (Å²) in [7, 11) is 0. The number of piperazine rings is 1. The zero-order valence-electron chi connectivity index (χ0n) is 18.7. The maximum absolute atomic E-state index is 13.0. The molecule has 2 aliphatic heterocycles. The van der Waals surface area contributed by atoms with Crippen molar-refractivity contribution in [3.05, 3.63) is 53.2 Å². The van der Waals surface area contributed by atoms with Gasteiger partial charge in [0.05, 0.1) is 6.04 Å².